The van der Waals surface area contributed by atoms with Crippen molar-refractivity contribution < 1.29 is 19.0 Å². The molecule has 2 N–H and O–H groups in total. The van der Waals surface area contributed by atoms with E-state index in [9.17, 15) is 14.9 Å². The predicted octanol–water partition coefficient (Wildman–Crippen LogP) is 2.22. The highest BCUT2D eigenvalue weighted by Gasteiger charge is 2.28. The number of carbonyl (C=O) groups excluding carboxylic acids is 1. The van der Waals surface area contributed by atoms with Crippen LogP contribution in [0.3, 0.4) is 0 Å². The lowest BCUT2D eigenvalue weighted by atomic mass is 10.1. The van der Waals surface area contributed by atoms with E-state index >= 15 is 0 Å². The summed E-state index contributed by atoms with van der Waals surface area (Å²) in [5.74, 6) is 0.886. The van der Waals surface area contributed by atoms with Crippen molar-refractivity contribution in [2.45, 2.75) is 25.3 Å². The summed E-state index contributed by atoms with van der Waals surface area (Å²) >= 11 is 0. The van der Waals surface area contributed by atoms with Crippen LogP contribution in [0, 0.1) is 10.1 Å². The van der Waals surface area contributed by atoms with Gasteiger partial charge in [0.05, 0.1) is 30.8 Å². The van der Waals surface area contributed by atoms with Gasteiger partial charge in [0.1, 0.15) is 12.0 Å². The number of nitro groups is 1. The molecule has 1 saturated heterocycles. The van der Waals surface area contributed by atoms with E-state index in [0.29, 0.717) is 24.1 Å². The number of nitrogens with one attached hydrogen (secondary N) is 2. The summed E-state index contributed by atoms with van der Waals surface area (Å²) in [4.78, 5) is 23.1. The SMILES string of the molecule is O=Cc1ccc(NC[C@@H](c2ccco2)[NH+]2CCCCC2)c([N+](=O)[O-])c1. The Morgan fingerprint density at radius 3 is 2.72 bits per heavy atom. The Bertz CT molecular complexity index is 724. The number of furan rings is 1. The van der Waals surface area contributed by atoms with Crippen LogP contribution in [0.5, 0.6) is 0 Å². The minimum Gasteiger partial charge on any atom is -0.463 e. The van der Waals surface area contributed by atoms with Crippen molar-refractivity contribution in [1.82, 2.24) is 0 Å². The monoisotopic (exact) mass is 344 g/mol. The molecular weight excluding hydrogens is 322 g/mol. The summed E-state index contributed by atoms with van der Waals surface area (Å²) in [5, 5.41) is 14.5. The van der Waals surface area contributed by atoms with Crippen LogP contribution < -0.4 is 10.2 Å². The quantitative estimate of drug-likeness (QED) is 0.457. The summed E-state index contributed by atoms with van der Waals surface area (Å²) in [6.07, 6.45) is 5.88. The molecule has 2 aromatic rings. The van der Waals surface area contributed by atoms with Gasteiger partial charge in [0.2, 0.25) is 0 Å². The van der Waals surface area contributed by atoms with E-state index in [2.05, 4.69) is 5.32 Å². The number of likely N-dealkylation sites (tertiary alicyclic amines) is 1. The Balaban J connectivity index is 1.79. The van der Waals surface area contributed by atoms with E-state index in [1.54, 1.807) is 18.4 Å². The zero-order valence-electron chi connectivity index (χ0n) is 13.9. The number of quaternary nitrogens is 1. The Morgan fingerprint density at radius 1 is 1.28 bits per heavy atom. The zero-order valence-corrected chi connectivity index (χ0v) is 13.9. The van der Waals surface area contributed by atoms with Crippen molar-refractivity contribution in [2.75, 3.05) is 25.0 Å². The molecule has 25 heavy (non-hydrogen) atoms. The smallest absolute Gasteiger partial charge is 0.293 e. The fourth-order valence-corrected chi connectivity index (χ4v) is 3.42. The largest absolute Gasteiger partial charge is 0.463 e. The van der Waals surface area contributed by atoms with Gasteiger partial charge in [-0.3, -0.25) is 14.9 Å². The molecule has 1 aliphatic rings. The number of nitrogens with zero attached hydrogens (tertiary/aromatic N) is 1. The molecule has 7 nitrogen and oxygen atoms in total. The van der Waals surface area contributed by atoms with Crippen LogP contribution in [0.25, 0.3) is 0 Å². The molecule has 0 unspecified atom stereocenters. The molecule has 1 fully saturated rings. The number of benzene rings is 1. The maximum absolute atomic E-state index is 11.3. The van der Waals surface area contributed by atoms with Crippen molar-refractivity contribution in [3.8, 4) is 0 Å². The third-order valence-corrected chi connectivity index (χ3v) is 4.73. The van der Waals surface area contributed by atoms with Crippen LogP contribution in [0.2, 0.25) is 0 Å². The maximum Gasteiger partial charge on any atom is 0.293 e. The van der Waals surface area contributed by atoms with Crippen molar-refractivity contribution in [1.29, 1.82) is 0 Å². The first-order valence-corrected chi connectivity index (χ1v) is 8.54. The molecule has 0 amide bonds. The third-order valence-electron chi connectivity index (χ3n) is 4.73. The average Bonchev–Trinajstić information content (AvgIpc) is 3.17. The molecule has 1 aliphatic heterocycles. The Morgan fingerprint density at radius 2 is 2.08 bits per heavy atom. The van der Waals surface area contributed by atoms with Crippen LogP contribution in [-0.4, -0.2) is 30.8 Å². The zero-order chi connectivity index (χ0) is 17.6. The average molecular weight is 344 g/mol. The summed E-state index contributed by atoms with van der Waals surface area (Å²) < 4.78 is 5.61. The third kappa shape index (κ3) is 4.06. The highest BCUT2D eigenvalue weighted by Crippen LogP contribution is 2.26. The molecule has 0 aliphatic carbocycles. The fourth-order valence-electron chi connectivity index (χ4n) is 3.42. The maximum atomic E-state index is 11.3. The Hall–Kier alpha value is -2.67. The molecule has 0 spiro atoms. The number of carbonyl (C=O) groups is 1. The first-order valence-electron chi connectivity index (χ1n) is 8.54. The van der Waals surface area contributed by atoms with Gasteiger partial charge in [-0.2, -0.15) is 0 Å². The van der Waals surface area contributed by atoms with Crippen LogP contribution >= 0.6 is 0 Å². The van der Waals surface area contributed by atoms with Crippen LogP contribution in [0.15, 0.2) is 41.0 Å². The predicted molar refractivity (Wildman–Crippen MR) is 93.0 cm³/mol. The van der Waals surface area contributed by atoms with Gasteiger partial charge in [0, 0.05) is 11.6 Å². The van der Waals surface area contributed by atoms with E-state index in [-0.39, 0.29) is 11.7 Å². The van der Waals surface area contributed by atoms with E-state index in [4.69, 9.17) is 4.42 Å². The highest BCUT2D eigenvalue weighted by molar-refractivity contribution is 5.79. The topological polar surface area (TPSA) is 89.8 Å². The lowest BCUT2D eigenvalue weighted by Gasteiger charge is -2.30. The summed E-state index contributed by atoms with van der Waals surface area (Å²) in [6.45, 7) is 2.67. The normalized spacial score (nSPS) is 16.3. The van der Waals surface area contributed by atoms with E-state index in [0.717, 1.165) is 18.8 Å². The second-order valence-electron chi connectivity index (χ2n) is 6.32. The van der Waals surface area contributed by atoms with Gasteiger partial charge < -0.3 is 14.6 Å². The summed E-state index contributed by atoms with van der Waals surface area (Å²) in [7, 11) is 0. The van der Waals surface area contributed by atoms with Gasteiger partial charge in [-0.15, -0.1) is 0 Å². The molecule has 132 valence electrons. The molecule has 0 saturated carbocycles. The number of nitro benzene ring substituents is 1. The van der Waals surface area contributed by atoms with E-state index < -0.39 is 4.92 Å². The van der Waals surface area contributed by atoms with Crippen molar-refractivity contribution >= 4 is 17.7 Å². The minimum absolute atomic E-state index is 0.0866. The second-order valence-corrected chi connectivity index (χ2v) is 6.32. The lowest BCUT2D eigenvalue weighted by Crippen LogP contribution is -3.13. The molecule has 7 heteroatoms. The molecule has 1 aromatic carbocycles. The van der Waals surface area contributed by atoms with Crippen molar-refractivity contribution in [3.05, 3.63) is 58.0 Å². The van der Waals surface area contributed by atoms with E-state index in [1.807, 2.05) is 12.1 Å². The molecule has 3 rings (SSSR count). The molecule has 1 aromatic heterocycles. The lowest BCUT2D eigenvalue weighted by molar-refractivity contribution is -0.935. The number of anilines is 1. The van der Waals surface area contributed by atoms with Gasteiger partial charge in [0.25, 0.3) is 5.69 Å². The molecule has 2 heterocycles. The van der Waals surface area contributed by atoms with Crippen molar-refractivity contribution in [3.63, 3.8) is 0 Å². The van der Waals surface area contributed by atoms with Gasteiger partial charge in [-0.25, -0.2) is 0 Å². The highest BCUT2D eigenvalue weighted by atomic mass is 16.6. The van der Waals surface area contributed by atoms with Gasteiger partial charge in [-0.1, -0.05) is 0 Å². The molecule has 0 bridgehead atoms. The standard InChI is InChI=1S/C18H21N3O4/c22-13-14-6-7-15(16(11-14)21(23)24)19-12-17(18-5-4-10-25-18)20-8-2-1-3-9-20/h4-7,10-11,13,17,19H,1-3,8-9,12H2/p+1/t17-/m0/s1. The van der Waals surface area contributed by atoms with E-state index in [1.165, 1.54) is 30.2 Å². The summed E-state index contributed by atoms with van der Waals surface area (Å²) in [5.41, 5.74) is 0.626. The van der Waals surface area contributed by atoms with Crippen LogP contribution in [-0.2, 0) is 0 Å². The molecular formula is C18H22N3O4+. The Kier molecular flexibility index (Phi) is 5.45. The van der Waals surface area contributed by atoms with Crippen molar-refractivity contribution in [2.24, 2.45) is 0 Å². The van der Waals surface area contributed by atoms with Gasteiger partial charge in [0.15, 0.2) is 11.8 Å². The van der Waals surface area contributed by atoms with Crippen LogP contribution in [0.1, 0.15) is 41.4 Å². The van der Waals surface area contributed by atoms with Gasteiger partial charge >= 0.3 is 0 Å². The number of piperidine rings is 1. The number of hydrogen-bond donors (Lipinski definition) is 2. The summed E-state index contributed by atoms with van der Waals surface area (Å²) in [6, 6.07) is 8.39. The number of rotatable bonds is 7. The minimum atomic E-state index is -0.467. The first kappa shape index (κ1) is 17.2. The fraction of sp³-hybridized carbons (Fsp3) is 0.389. The number of hydrogen-bond acceptors (Lipinski definition) is 5. The molecule has 1 atom stereocenters. The van der Waals surface area contributed by atoms with Gasteiger partial charge in [-0.05, 0) is 43.5 Å². The number of aldehydes is 1. The second kappa shape index (κ2) is 7.94. The molecule has 0 radical (unpaired) electrons. The first-order chi connectivity index (χ1) is 12.2. The van der Waals surface area contributed by atoms with Crippen LogP contribution in [0.4, 0.5) is 11.4 Å². The Labute approximate surface area is 145 Å².